The van der Waals surface area contributed by atoms with E-state index in [2.05, 4.69) is 5.32 Å². The van der Waals surface area contributed by atoms with Gasteiger partial charge in [-0.1, -0.05) is 0 Å². The number of carbonyl (C=O) groups excluding carboxylic acids is 2. The summed E-state index contributed by atoms with van der Waals surface area (Å²) in [6.07, 6.45) is 1.74. The van der Waals surface area contributed by atoms with Gasteiger partial charge >= 0.3 is 0 Å². The number of primary amides is 2. The lowest BCUT2D eigenvalue weighted by molar-refractivity contribution is 0.0999. The predicted octanol–water partition coefficient (Wildman–Crippen LogP) is -0.214. The van der Waals surface area contributed by atoms with E-state index in [9.17, 15) is 9.59 Å². The quantitative estimate of drug-likeness (QED) is 0.588. The molecule has 0 saturated heterocycles. The van der Waals surface area contributed by atoms with Crippen molar-refractivity contribution in [1.82, 2.24) is 0 Å². The zero-order valence-electron chi connectivity index (χ0n) is 9.85. The van der Waals surface area contributed by atoms with Gasteiger partial charge in [-0.2, -0.15) is 0 Å². The van der Waals surface area contributed by atoms with Gasteiger partial charge in [-0.25, -0.2) is 0 Å². The smallest absolute Gasteiger partial charge is 0.248 e. The lowest BCUT2D eigenvalue weighted by Gasteiger charge is -2.34. The van der Waals surface area contributed by atoms with Crippen LogP contribution in [0.25, 0.3) is 0 Å². The number of hydrogen-bond donors (Lipinski definition) is 4. The van der Waals surface area contributed by atoms with E-state index in [1.807, 2.05) is 0 Å². The molecule has 1 fully saturated rings. The van der Waals surface area contributed by atoms with E-state index in [1.54, 1.807) is 12.1 Å². The van der Waals surface area contributed by atoms with Crippen molar-refractivity contribution in [1.29, 1.82) is 0 Å². The van der Waals surface area contributed by atoms with Gasteiger partial charge in [0.05, 0.1) is 0 Å². The molecule has 0 heterocycles. The van der Waals surface area contributed by atoms with Crippen molar-refractivity contribution in [3.8, 4) is 0 Å². The van der Waals surface area contributed by atoms with Crippen LogP contribution < -0.4 is 22.5 Å². The summed E-state index contributed by atoms with van der Waals surface area (Å²) in [5.41, 5.74) is 17.3. The van der Waals surface area contributed by atoms with Gasteiger partial charge in [0, 0.05) is 28.9 Å². The molecular formula is C12H16N4O2. The Hall–Kier alpha value is -2.08. The number of nitrogens with two attached hydrogens (primary N) is 3. The molecule has 0 radical (unpaired) electrons. The standard InChI is InChI=1S/C12H16N4O2/c13-8-4-10(5-8)16-9-2-6(11(14)17)1-7(3-9)12(15)18/h1-3,8,10,16H,4-5,13H2,(H2,14,17)(H2,15,18). The first-order chi connectivity index (χ1) is 8.45. The molecule has 1 saturated carbocycles. The van der Waals surface area contributed by atoms with Crippen LogP contribution in [0.2, 0.25) is 0 Å². The molecule has 0 unspecified atom stereocenters. The summed E-state index contributed by atoms with van der Waals surface area (Å²) in [5.74, 6) is -1.18. The second-order valence-corrected chi connectivity index (χ2v) is 4.60. The summed E-state index contributed by atoms with van der Waals surface area (Å²) in [6.45, 7) is 0. The van der Waals surface area contributed by atoms with Crippen molar-refractivity contribution in [2.45, 2.75) is 24.9 Å². The van der Waals surface area contributed by atoms with Gasteiger partial charge in [0.1, 0.15) is 0 Å². The summed E-state index contributed by atoms with van der Waals surface area (Å²) in [7, 11) is 0. The van der Waals surface area contributed by atoms with Crippen molar-refractivity contribution in [2.75, 3.05) is 5.32 Å². The highest BCUT2D eigenvalue weighted by atomic mass is 16.1. The number of amides is 2. The Morgan fingerprint density at radius 3 is 1.94 bits per heavy atom. The third kappa shape index (κ3) is 2.60. The lowest BCUT2D eigenvalue weighted by atomic mass is 9.87. The highest BCUT2D eigenvalue weighted by Crippen LogP contribution is 2.24. The molecule has 1 aromatic rings. The number of anilines is 1. The molecular weight excluding hydrogens is 232 g/mol. The fraction of sp³-hybridized carbons (Fsp3) is 0.333. The van der Waals surface area contributed by atoms with Gasteiger partial charge in [-0.05, 0) is 31.0 Å². The average Bonchev–Trinajstić information content (AvgIpc) is 2.26. The number of hydrogen-bond acceptors (Lipinski definition) is 4. The van der Waals surface area contributed by atoms with E-state index in [4.69, 9.17) is 17.2 Å². The maximum absolute atomic E-state index is 11.2. The molecule has 1 aliphatic rings. The van der Waals surface area contributed by atoms with Gasteiger partial charge in [-0.15, -0.1) is 0 Å². The minimum atomic E-state index is -0.591. The first-order valence-electron chi connectivity index (χ1n) is 5.72. The molecule has 2 rings (SSSR count). The Morgan fingerprint density at radius 2 is 1.56 bits per heavy atom. The van der Waals surface area contributed by atoms with Crippen molar-refractivity contribution < 1.29 is 9.59 Å². The zero-order valence-corrected chi connectivity index (χ0v) is 9.85. The van der Waals surface area contributed by atoms with Crippen LogP contribution in [0.3, 0.4) is 0 Å². The molecule has 7 N–H and O–H groups in total. The van der Waals surface area contributed by atoms with Crippen LogP contribution in [0.1, 0.15) is 33.6 Å². The van der Waals surface area contributed by atoms with Gasteiger partial charge in [0.15, 0.2) is 0 Å². The van der Waals surface area contributed by atoms with E-state index < -0.39 is 11.8 Å². The molecule has 0 atom stereocenters. The lowest BCUT2D eigenvalue weighted by Crippen LogP contribution is -2.44. The number of carbonyl (C=O) groups is 2. The Kier molecular flexibility index (Phi) is 3.20. The second-order valence-electron chi connectivity index (χ2n) is 4.60. The Balaban J connectivity index is 2.23. The number of rotatable bonds is 4. The molecule has 0 bridgehead atoms. The summed E-state index contributed by atoms with van der Waals surface area (Å²) < 4.78 is 0. The maximum Gasteiger partial charge on any atom is 0.248 e. The van der Waals surface area contributed by atoms with Crippen molar-refractivity contribution >= 4 is 17.5 Å². The Labute approximate surface area is 105 Å². The maximum atomic E-state index is 11.2. The fourth-order valence-electron chi connectivity index (χ4n) is 2.01. The molecule has 0 aromatic heterocycles. The number of nitrogens with one attached hydrogen (secondary N) is 1. The SMILES string of the molecule is NC(=O)c1cc(NC2CC(N)C2)cc(C(N)=O)c1. The summed E-state index contributed by atoms with van der Waals surface area (Å²) in [4.78, 5) is 22.3. The molecule has 0 spiro atoms. The van der Waals surface area contributed by atoms with Crippen LogP contribution >= 0.6 is 0 Å². The zero-order chi connectivity index (χ0) is 13.3. The van der Waals surface area contributed by atoms with Crippen molar-refractivity contribution in [3.05, 3.63) is 29.3 Å². The van der Waals surface area contributed by atoms with Gasteiger partial charge in [-0.3, -0.25) is 9.59 Å². The number of benzene rings is 1. The normalized spacial score (nSPS) is 22.1. The summed E-state index contributed by atoms with van der Waals surface area (Å²) in [6, 6.07) is 5.10. The topological polar surface area (TPSA) is 124 Å². The van der Waals surface area contributed by atoms with Gasteiger partial charge in [0.2, 0.25) is 11.8 Å². The third-order valence-electron chi connectivity index (χ3n) is 3.05. The molecule has 1 aliphatic carbocycles. The van der Waals surface area contributed by atoms with E-state index in [-0.39, 0.29) is 23.2 Å². The van der Waals surface area contributed by atoms with Crippen molar-refractivity contribution in [3.63, 3.8) is 0 Å². The average molecular weight is 248 g/mol. The molecule has 18 heavy (non-hydrogen) atoms. The molecule has 1 aromatic carbocycles. The van der Waals surface area contributed by atoms with Crippen LogP contribution in [0, 0.1) is 0 Å². The highest BCUT2D eigenvalue weighted by Gasteiger charge is 2.25. The molecule has 0 aliphatic heterocycles. The fourth-order valence-corrected chi connectivity index (χ4v) is 2.01. The first kappa shape index (κ1) is 12.4. The highest BCUT2D eigenvalue weighted by molar-refractivity contribution is 5.99. The summed E-state index contributed by atoms with van der Waals surface area (Å²) >= 11 is 0. The molecule has 6 nitrogen and oxygen atoms in total. The minimum Gasteiger partial charge on any atom is -0.382 e. The minimum absolute atomic E-state index is 0.220. The van der Waals surface area contributed by atoms with Gasteiger partial charge in [0.25, 0.3) is 0 Å². The van der Waals surface area contributed by atoms with Crippen LogP contribution in [-0.4, -0.2) is 23.9 Å². The van der Waals surface area contributed by atoms with E-state index in [0.29, 0.717) is 5.69 Å². The molecule has 2 amide bonds. The largest absolute Gasteiger partial charge is 0.382 e. The summed E-state index contributed by atoms with van der Waals surface area (Å²) in [5, 5.41) is 3.20. The van der Waals surface area contributed by atoms with E-state index in [0.717, 1.165) is 12.8 Å². The van der Waals surface area contributed by atoms with Crippen LogP contribution in [0.5, 0.6) is 0 Å². The van der Waals surface area contributed by atoms with Crippen LogP contribution in [0.4, 0.5) is 5.69 Å². The predicted molar refractivity (Wildman–Crippen MR) is 68.1 cm³/mol. The van der Waals surface area contributed by atoms with Gasteiger partial charge < -0.3 is 22.5 Å². The van der Waals surface area contributed by atoms with Crippen LogP contribution in [-0.2, 0) is 0 Å². The Morgan fingerprint density at radius 1 is 1.06 bits per heavy atom. The van der Waals surface area contributed by atoms with E-state index in [1.165, 1.54) is 6.07 Å². The third-order valence-corrected chi connectivity index (χ3v) is 3.05. The monoisotopic (exact) mass is 248 g/mol. The van der Waals surface area contributed by atoms with Crippen molar-refractivity contribution in [2.24, 2.45) is 17.2 Å². The molecule has 6 heteroatoms. The Bertz CT molecular complexity index is 463. The molecule has 96 valence electrons. The van der Waals surface area contributed by atoms with E-state index >= 15 is 0 Å². The second kappa shape index (κ2) is 4.66. The van der Waals surface area contributed by atoms with Crippen LogP contribution in [0.15, 0.2) is 18.2 Å². The first-order valence-corrected chi connectivity index (χ1v) is 5.72.